The topological polar surface area (TPSA) is 42.0 Å². The highest BCUT2D eigenvalue weighted by molar-refractivity contribution is 7.13. The molecule has 104 valence electrons. The van der Waals surface area contributed by atoms with Crippen LogP contribution in [0.25, 0.3) is 10.4 Å². The van der Waals surface area contributed by atoms with Gasteiger partial charge in [0.05, 0.1) is 5.56 Å². The Balaban J connectivity index is 1.93. The Morgan fingerprint density at radius 2 is 1.95 bits per heavy atom. The summed E-state index contributed by atoms with van der Waals surface area (Å²) < 4.78 is 13.5. The second-order valence-electron chi connectivity index (χ2n) is 4.32. The van der Waals surface area contributed by atoms with Crippen LogP contribution in [0.15, 0.2) is 60.1 Å². The fourth-order valence-corrected chi connectivity index (χ4v) is 2.75. The molecule has 0 bridgehead atoms. The number of halogens is 1. The average molecular weight is 298 g/mol. The Bertz CT molecular complexity index is 771. The van der Waals surface area contributed by atoms with Gasteiger partial charge in [0.2, 0.25) is 5.95 Å². The summed E-state index contributed by atoms with van der Waals surface area (Å²) in [6.07, 6.45) is 1.31. The van der Waals surface area contributed by atoms with Crippen LogP contribution in [0, 0.1) is 5.95 Å². The zero-order chi connectivity index (χ0) is 14.7. The van der Waals surface area contributed by atoms with Gasteiger partial charge in [-0.2, -0.15) is 4.39 Å². The first-order valence-corrected chi connectivity index (χ1v) is 7.18. The van der Waals surface area contributed by atoms with Crippen LogP contribution in [-0.2, 0) is 0 Å². The van der Waals surface area contributed by atoms with Crippen LogP contribution in [0.5, 0.6) is 0 Å². The summed E-state index contributed by atoms with van der Waals surface area (Å²) in [6, 6.07) is 14.3. The molecule has 5 heteroatoms. The number of thiophene rings is 1. The number of hydrogen-bond acceptors (Lipinski definition) is 3. The van der Waals surface area contributed by atoms with Crippen LogP contribution < -0.4 is 5.32 Å². The van der Waals surface area contributed by atoms with Crippen molar-refractivity contribution >= 4 is 22.9 Å². The van der Waals surface area contributed by atoms with E-state index in [2.05, 4.69) is 10.3 Å². The number of carbonyl (C=O) groups is 1. The van der Waals surface area contributed by atoms with Gasteiger partial charge in [-0.1, -0.05) is 24.3 Å². The summed E-state index contributed by atoms with van der Waals surface area (Å²) >= 11 is 1.58. The van der Waals surface area contributed by atoms with Crippen molar-refractivity contribution in [3.05, 3.63) is 71.6 Å². The van der Waals surface area contributed by atoms with Gasteiger partial charge in [0.15, 0.2) is 0 Å². The Morgan fingerprint density at radius 1 is 1.10 bits per heavy atom. The molecule has 3 nitrogen and oxygen atoms in total. The Morgan fingerprint density at radius 3 is 2.71 bits per heavy atom. The number of benzene rings is 1. The third-order valence-corrected chi connectivity index (χ3v) is 3.87. The lowest BCUT2D eigenvalue weighted by atomic mass is 10.1. The molecule has 0 atom stereocenters. The summed E-state index contributed by atoms with van der Waals surface area (Å²) in [4.78, 5) is 16.7. The summed E-state index contributed by atoms with van der Waals surface area (Å²) in [7, 11) is 0. The molecular formula is C16H11FN2OS. The van der Waals surface area contributed by atoms with Crippen LogP contribution in [0.3, 0.4) is 0 Å². The maximum Gasteiger partial charge on any atom is 0.260 e. The first kappa shape index (κ1) is 13.5. The third kappa shape index (κ3) is 2.83. The van der Waals surface area contributed by atoms with Gasteiger partial charge in [0, 0.05) is 22.3 Å². The van der Waals surface area contributed by atoms with Crippen LogP contribution in [0.4, 0.5) is 10.1 Å². The van der Waals surface area contributed by atoms with Crippen LogP contribution in [-0.4, -0.2) is 10.9 Å². The van der Waals surface area contributed by atoms with E-state index in [0.29, 0.717) is 5.69 Å². The fourth-order valence-electron chi connectivity index (χ4n) is 1.98. The van der Waals surface area contributed by atoms with Crippen LogP contribution in [0.2, 0.25) is 0 Å². The van der Waals surface area contributed by atoms with Crippen LogP contribution >= 0.6 is 11.3 Å². The van der Waals surface area contributed by atoms with Gasteiger partial charge in [0.25, 0.3) is 5.91 Å². The van der Waals surface area contributed by atoms with Crippen molar-refractivity contribution in [1.29, 1.82) is 0 Å². The van der Waals surface area contributed by atoms with Crippen LogP contribution in [0.1, 0.15) is 10.4 Å². The van der Waals surface area contributed by atoms with Gasteiger partial charge < -0.3 is 5.32 Å². The molecule has 0 aliphatic heterocycles. The molecule has 0 saturated heterocycles. The van der Waals surface area contributed by atoms with E-state index in [9.17, 15) is 9.18 Å². The highest BCUT2D eigenvalue weighted by Crippen LogP contribution is 2.31. The van der Waals surface area contributed by atoms with Gasteiger partial charge in [-0.15, -0.1) is 11.3 Å². The summed E-state index contributed by atoms with van der Waals surface area (Å²) in [6.45, 7) is 0. The van der Waals surface area contributed by atoms with E-state index in [4.69, 9.17) is 0 Å². The quantitative estimate of drug-likeness (QED) is 0.736. The van der Waals surface area contributed by atoms with E-state index in [-0.39, 0.29) is 5.56 Å². The molecule has 1 aromatic carbocycles. The van der Waals surface area contributed by atoms with Crippen molar-refractivity contribution < 1.29 is 9.18 Å². The van der Waals surface area contributed by atoms with Gasteiger partial charge in [-0.3, -0.25) is 4.79 Å². The number of para-hydroxylation sites is 1. The number of carbonyl (C=O) groups excluding carboxylic acids is 1. The van der Waals surface area contributed by atoms with E-state index >= 15 is 0 Å². The van der Waals surface area contributed by atoms with Gasteiger partial charge in [0.1, 0.15) is 0 Å². The minimum Gasteiger partial charge on any atom is -0.321 e. The maximum atomic E-state index is 13.5. The van der Waals surface area contributed by atoms with E-state index in [1.807, 2.05) is 35.7 Å². The molecule has 0 aliphatic carbocycles. The number of nitrogens with one attached hydrogen (secondary N) is 1. The highest BCUT2D eigenvalue weighted by Gasteiger charge is 2.14. The van der Waals surface area contributed by atoms with Crippen molar-refractivity contribution in [3.8, 4) is 10.4 Å². The van der Waals surface area contributed by atoms with Crippen molar-refractivity contribution in [3.63, 3.8) is 0 Å². The minimum atomic E-state index is -0.774. The smallest absolute Gasteiger partial charge is 0.260 e. The van der Waals surface area contributed by atoms with Gasteiger partial charge in [-0.25, -0.2) is 4.98 Å². The van der Waals surface area contributed by atoms with Crippen molar-refractivity contribution in [2.24, 2.45) is 0 Å². The summed E-state index contributed by atoms with van der Waals surface area (Å²) in [5.41, 5.74) is 1.48. The SMILES string of the molecule is O=C(Nc1ccccc1-c1cccs1)c1cccnc1F. The zero-order valence-electron chi connectivity index (χ0n) is 10.9. The molecule has 1 N–H and O–H groups in total. The lowest BCUT2D eigenvalue weighted by Crippen LogP contribution is -2.14. The third-order valence-electron chi connectivity index (χ3n) is 2.97. The Kier molecular flexibility index (Phi) is 3.75. The second-order valence-corrected chi connectivity index (χ2v) is 5.27. The molecule has 2 heterocycles. The van der Waals surface area contributed by atoms with E-state index < -0.39 is 11.9 Å². The molecule has 2 aromatic heterocycles. The van der Waals surface area contributed by atoms with E-state index in [0.717, 1.165) is 10.4 Å². The number of pyridine rings is 1. The van der Waals surface area contributed by atoms with Crippen molar-refractivity contribution in [2.75, 3.05) is 5.32 Å². The molecule has 0 fully saturated rings. The lowest BCUT2D eigenvalue weighted by molar-refractivity contribution is 0.102. The average Bonchev–Trinajstić information content (AvgIpc) is 3.02. The number of nitrogens with zero attached hydrogens (tertiary/aromatic N) is 1. The fraction of sp³-hybridized carbons (Fsp3) is 0. The molecule has 0 unspecified atom stereocenters. The normalized spacial score (nSPS) is 10.3. The number of hydrogen-bond donors (Lipinski definition) is 1. The van der Waals surface area contributed by atoms with E-state index in [1.54, 1.807) is 17.4 Å². The van der Waals surface area contributed by atoms with Gasteiger partial charge >= 0.3 is 0 Å². The van der Waals surface area contributed by atoms with E-state index in [1.165, 1.54) is 18.3 Å². The highest BCUT2D eigenvalue weighted by atomic mass is 32.1. The molecule has 21 heavy (non-hydrogen) atoms. The van der Waals surface area contributed by atoms with Crippen molar-refractivity contribution in [1.82, 2.24) is 4.98 Å². The molecule has 0 aliphatic rings. The Hall–Kier alpha value is -2.53. The lowest BCUT2D eigenvalue weighted by Gasteiger charge is -2.10. The number of amides is 1. The first-order valence-electron chi connectivity index (χ1n) is 6.30. The second kappa shape index (κ2) is 5.85. The Labute approximate surface area is 125 Å². The number of aromatic nitrogens is 1. The molecular weight excluding hydrogens is 287 g/mol. The molecule has 0 radical (unpaired) electrons. The predicted molar refractivity (Wildman–Crippen MR) is 81.9 cm³/mol. The molecule has 0 spiro atoms. The monoisotopic (exact) mass is 298 g/mol. The maximum absolute atomic E-state index is 13.5. The van der Waals surface area contributed by atoms with Crippen molar-refractivity contribution in [2.45, 2.75) is 0 Å². The molecule has 1 amide bonds. The predicted octanol–water partition coefficient (Wildman–Crippen LogP) is 4.20. The minimum absolute atomic E-state index is 0.0708. The largest absolute Gasteiger partial charge is 0.321 e. The first-order chi connectivity index (χ1) is 10.3. The summed E-state index contributed by atoms with van der Waals surface area (Å²) in [5, 5.41) is 4.71. The number of anilines is 1. The number of rotatable bonds is 3. The molecule has 3 aromatic rings. The molecule has 0 saturated carbocycles. The summed E-state index contributed by atoms with van der Waals surface area (Å²) in [5.74, 6) is -1.28. The molecule has 3 rings (SSSR count). The standard InChI is InChI=1S/C16H11FN2OS/c17-15-12(6-3-9-18-15)16(20)19-13-7-2-1-5-11(13)14-8-4-10-21-14/h1-10H,(H,19,20). The van der Waals surface area contributed by atoms with Gasteiger partial charge in [-0.05, 0) is 29.6 Å². The zero-order valence-corrected chi connectivity index (χ0v) is 11.7.